The fourth-order valence-electron chi connectivity index (χ4n) is 9.48. The average molecular weight is 671 g/mol. The number of unbranched alkanes of at least 4 members (excludes halogenated alkanes) is 11. The maximum atomic E-state index is 13.4. The van der Waals surface area contributed by atoms with E-state index in [1.165, 1.54) is 51.9 Å². The molecule has 0 bridgehead atoms. The van der Waals surface area contributed by atoms with Crippen molar-refractivity contribution in [2.75, 3.05) is 6.61 Å². The zero-order chi connectivity index (χ0) is 35.3. The number of aliphatic hydroxyl groups is 3. The Morgan fingerprint density at radius 3 is 2.12 bits per heavy atom. The molecule has 0 radical (unpaired) electrons. The predicted molar refractivity (Wildman–Crippen MR) is 186 cm³/mol. The quantitative estimate of drug-likeness (QED) is 0.0801. The van der Waals surface area contributed by atoms with Crippen LogP contribution in [-0.2, 0) is 23.9 Å². The maximum absolute atomic E-state index is 13.4. The van der Waals surface area contributed by atoms with Gasteiger partial charge < -0.3 is 24.8 Å². The average Bonchev–Trinajstić information content (AvgIpc) is 3.46. The van der Waals surface area contributed by atoms with Crippen molar-refractivity contribution in [1.29, 1.82) is 0 Å². The van der Waals surface area contributed by atoms with Gasteiger partial charge in [0.1, 0.15) is 17.8 Å². The van der Waals surface area contributed by atoms with Crippen LogP contribution < -0.4 is 0 Å². The van der Waals surface area contributed by atoms with Gasteiger partial charge in [-0.3, -0.25) is 14.4 Å². The first-order valence-corrected chi connectivity index (χ1v) is 18.7. The van der Waals surface area contributed by atoms with Crippen molar-refractivity contribution in [2.24, 2.45) is 29.1 Å². The Hall–Kier alpha value is -2.29. The smallest absolute Gasteiger partial charge is 0.306 e. The van der Waals surface area contributed by atoms with E-state index < -0.39 is 63.7 Å². The van der Waals surface area contributed by atoms with Crippen LogP contribution >= 0.6 is 0 Å². The van der Waals surface area contributed by atoms with Crippen molar-refractivity contribution in [3.05, 3.63) is 35.5 Å². The lowest BCUT2D eigenvalue weighted by molar-refractivity contribution is -0.218. The lowest BCUT2D eigenvalue weighted by Crippen LogP contribution is -2.65. The highest BCUT2D eigenvalue weighted by Gasteiger charge is 2.86. The molecule has 8 atom stereocenters. The van der Waals surface area contributed by atoms with Crippen LogP contribution in [0.25, 0.3) is 0 Å². The molecule has 0 amide bonds. The summed E-state index contributed by atoms with van der Waals surface area (Å²) in [6.07, 6.45) is 22.3. The Balaban J connectivity index is 1.31. The molecule has 2 saturated carbocycles. The summed E-state index contributed by atoms with van der Waals surface area (Å²) in [6, 6.07) is 0. The standard InChI is InChI=1S/C40H62O8/c1-7-8-9-10-11-12-13-14-15-16-17-18-19-20-21-22-33(42)47-26-30-24-31-34-37(5,6)40(34,48-29(4)41)36(44)28(3)39(31,46)32-23-27(2)35(43)38(32,45)25-30/h14-15,23-24,28,31-32,34,36,44-46H,7-13,16-22,25-26H2,1-6H3/t28-,31+,32-,34-,36-,38-,39-,40-/m1/s1. The number of allylic oxidation sites excluding steroid dienone is 2. The Morgan fingerprint density at radius 2 is 1.52 bits per heavy atom. The maximum Gasteiger partial charge on any atom is 0.306 e. The van der Waals surface area contributed by atoms with E-state index in [0.29, 0.717) is 17.6 Å². The largest absolute Gasteiger partial charge is 0.461 e. The number of hydrogen-bond donors (Lipinski definition) is 3. The van der Waals surface area contributed by atoms with E-state index >= 15 is 0 Å². The Kier molecular flexibility index (Phi) is 12.6. The van der Waals surface area contributed by atoms with Crippen LogP contribution in [0.15, 0.2) is 35.5 Å². The van der Waals surface area contributed by atoms with Crippen LogP contribution in [0, 0.1) is 29.1 Å². The molecule has 0 aromatic heterocycles. The molecule has 8 nitrogen and oxygen atoms in total. The Labute approximate surface area is 288 Å². The van der Waals surface area contributed by atoms with E-state index in [1.54, 1.807) is 19.9 Å². The monoisotopic (exact) mass is 670 g/mol. The van der Waals surface area contributed by atoms with Gasteiger partial charge in [0.2, 0.25) is 0 Å². The summed E-state index contributed by atoms with van der Waals surface area (Å²) in [5.74, 6) is -4.30. The minimum Gasteiger partial charge on any atom is -0.461 e. The van der Waals surface area contributed by atoms with Gasteiger partial charge >= 0.3 is 11.9 Å². The number of ketones is 1. The van der Waals surface area contributed by atoms with Gasteiger partial charge in [0.15, 0.2) is 5.78 Å². The van der Waals surface area contributed by atoms with E-state index in [-0.39, 0.29) is 19.0 Å². The fraction of sp³-hybridized carbons (Fsp3) is 0.775. The summed E-state index contributed by atoms with van der Waals surface area (Å²) in [6.45, 7) is 10.6. The van der Waals surface area contributed by atoms with Gasteiger partial charge in [-0.25, -0.2) is 0 Å². The van der Waals surface area contributed by atoms with Crippen molar-refractivity contribution in [3.8, 4) is 0 Å². The minimum atomic E-state index is -1.94. The van der Waals surface area contributed by atoms with Gasteiger partial charge in [0, 0.05) is 48.9 Å². The molecule has 0 aromatic rings. The number of esters is 2. The number of ether oxygens (including phenoxy) is 2. The first kappa shape index (κ1) is 38.5. The number of rotatable bonds is 18. The molecule has 0 aliphatic heterocycles. The number of aliphatic hydroxyl groups excluding tert-OH is 1. The third kappa shape index (κ3) is 7.27. The lowest BCUT2D eigenvalue weighted by atomic mass is 9.59. The molecule has 4 rings (SSSR count). The van der Waals surface area contributed by atoms with Gasteiger partial charge in [-0.15, -0.1) is 0 Å². The third-order valence-corrected chi connectivity index (χ3v) is 12.2. The van der Waals surface area contributed by atoms with Crippen molar-refractivity contribution in [3.63, 3.8) is 0 Å². The Morgan fingerprint density at radius 1 is 0.938 bits per heavy atom. The summed E-state index contributed by atoms with van der Waals surface area (Å²) in [7, 11) is 0. The molecule has 48 heavy (non-hydrogen) atoms. The topological polar surface area (TPSA) is 130 Å². The molecule has 4 aliphatic rings. The first-order valence-electron chi connectivity index (χ1n) is 18.7. The first-order chi connectivity index (χ1) is 22.7. The van der Waals surface area contributed by atoms with Crippen LogP contribution in [0.2, 0.25) is 0 Å². The van der Waals surface area contributed by atoms with Gasteiger partial charge in [-0.1, -0.05) is 103 Å². The number of Topliss-reactive ketones (excluding diaryl/α,β-unsaturated/α-hetero) is 1. The van der Waals surface area contributed by atoms with E-state index in [9.17, 15) is 29.7 Å². The lowest BCUT2D eigenvalue weighted by Gasteiger charge is -2.52. The minimum absolute atomic E-state index is 0.0969. The highest BCUT2D eigenvalue weighted by atomic mass is 16.6. The van der Waals surface area contributed by atoms with E-state index in [4.69, 9.17) is 9.47 Å². The third-order valence-electron chi connectivity index (χ3n) is 12.2. The van der Waals surface area contributed by atoms with Crippen LogP contribution in [0.5, 0.6) is 0 Å². The normalized spacial score (nSPS) is 34.9. The molecule has 4 aliphatic carbocycles. The molecular weight excluding hydrogens is 608 g/mol. The summed E-state index contributed by atoms with van der Waals surface area (Å²) < 4.78 is 11.5. The van der Waals surface area contributed by atoms with Gasteiger partial charge in [0.05, 0.1) is 11.7 Å². The number of fused-ring (bicyclic) bond motifs is 5. The van der Waals surface area contributed by atoms with Crippen molar-refractivity contribution in [1.82, 2.24) is 0 Å². The molecule has 0 unspecified atom stereocenters. The second-order valence-electron chi connectivity index (χ2n) is 15.8. The molecule has 2 fully saturated rings. The number of carbonyl (C=O) groups excluding carboxylic acids is 3. The fourth-order valence-corrected chi connectivity index (χ4v) is 9.48. The Bertz CT molecular complexity index is 1260. The molecule has 0 heterocycles. The van der Waals surface area contributed by atoms with E-state index in [2.05, 4.69) is 19.1 Å². The molecule has 0 aromatic carbocycles. The molecule has 270 valence electrons. The van der Waals surface area contributed by atoms with Crippen molar-refractivity contribution < 1.29 is 39.2 Å². The predicted octanol–water partition coefficient (Wildman–Crippen LogP) is 7.09. The van der Waals surface area contributed by atoms with Crippen molar-refractivity contribution >= 4 is 17.7 Å². The zero-order valence-electron chi connectivity index (χ0n) is 30.4. The summed E-state index contributed by atoms with van der Waals surface area (Å²) in [5.41, 5.74) is -4.66. The zero-order valence-corrected chi connectivity index (χ0v) is 30.4. The second-order valence-corrected chi connectivity index (χ2v) is 15.8. The van der Waals surface area contributed by atoms with Crippen molar-refractivity contribution in [2.45, 2.75) is 161 Å². The second kappa shape index (κ2) is 15.7. The highest BCUT2D eigenvalue weighted by molar-refractivity contribution is 6.04. The van der Waals surface area contributed by atoms with Gasteiger partial charge in [0.25, 0.3) is 0 Å². The van der Waals surface area contributed by atoms with E-state index in [1.807, 2.05) is 19.9 Å². The molecule has 0 saturated heterocycles. The van der Waals surface area contributed by atoms with E-state index in [0.717, 1.165) is 38.5 Å². The van der Waals surface area contributed by atoms with Gasteiger partial charge in [-0.05, 0) is 50.2 Å². The summed E-state index contributed by atoms with van der Waals surface area (Å²) in [4.78, 5) is 38.4. The molecular formula is C40H62O8. The molecule has 3 N–H and O–H groups in total. The summed E-state index contributed by atoms with van der Waals surface area (Å²) >= 11 is 0. The van der Waals surface area contributed by atoms with Crippen LogP contribution in [0.3, 0.4) is 0 Å². The number of hydrogen-bond acceptors (Lipinski definition) is 8. The SMILES string of the molecule is CCCCCCCCC=CCCCCCCCC(=O)OCC1=C[C@H]2[C@@H]3C(C)(C)[C@]3(OC(C)=O)[C@H](O)[C@@H](C)[C@]2(O)[C@@H]2C=C(C)C(=O)[C@@]2(O)C1. The summed E-state index contributed by atoms with van der Waals surface area (Å²) in [5, 5.41) is 36.1. The van der Waals surface area contributed by atoms with Crippen LogP contribution in [0.4, 0.5) is 0 Å². The molecule has 0 spiro atoms. The van der Waals surface area contributed by atoms with Gasteiger partial charge in [-0.2, -0.15) is 0 Å². The highest BCUT2D eigenvalue weighted by Crippen LogP contribution is 2.76. The van der Waals surface area contributed by atoms with Crippen LogP contribution in [-0.4, -0.2) is 62.6 Å². The number of carbonyl (C=O) groups is 3. The van der Waals surface area contributed by atoms with Crippen LogP contribution in [0.1, 0.15) is 138 Å². The molecule has 8 heteroatoms.